The summed E-state index contributed by atoms with van der Waals surface area (Å²) in [5.74, 6) is 1.01. The summed E-state index contributed by atoms with van der Waals surface area (Å²) in [7, 11) is 3.46. The first kappa shape index (κ1) is 20.0. The number of benzene rings is 1. The van der Waals surface area contributed by atoms with Gasteiger partial charge in [0, 0.05) is 46.8 Å². The van der Waals surface area contributed by atoms with Crippen molar-refractivity contribution in [3.05, 3.63) is 30.1 Å². The van der Waals surface area contributed by atoms with Crippen molar-refractivity contribution in [1.82, 2.24) is 15.1 Å². The molecule has 1 N–H and O–H groups in total. The summed E-state index contributed by atoms with van der Waals surface area (Å²) in [5.41, 5.74) is 0.642. The number of piperazine rings is 1. The predicted octanol–water partition coefficient (Wildman–Crippen LogP) is 1.64. The van der Waals surface area contributed by atoms with Crippen LogP contribution in [0.15, 0.2) is 29.3 Å². The van der Waals surface area contributed by atoms with E-state index in [1.807, 2.05) is 12.1 Å². The van der Waals surface area contributed by atoms with E-state index >= 15 is 0 Å². The number of hydrogen-bond donors (Lipinski definition) is 1. The van der Waals surface area contributed by atoms with Gasteiger partial charge < -0.3 is 20.0 Å². The van der Waals surface area contributed by atoms with Crippen molar-refractivity contribution in [3.63, 3.8) is 0 Å². The Morgan fingerprint density at radius 3 is 2.46 bits per heavy atom. The van der Waals surface area contributed by atoms with Crippen LogP contribution in [0, 0.1) is 11.7 Å². The van der Waals surface area contributed by atoms with Gasteiger partial charge in [0.15, 0.2) is 5.96 Å². The molecule has 0 aliphatic carbocycles. The SMILES string of the molecule is CC(C)CNC(=NCC(=O)N(C)C)N1CCN(c2ccccc2F)CC1. The van der Waals surface area contributed by atoms with Crippen molar-refractivity contribution in [2.24, 2.45) is 10.9 Å². The maximum atomic E-state index is 14.0. The zero-order chi connectivity index (χ0) is 19.1. The second-order valence-electron chi connectivity index (χ2n) is 7.13. The van der Waals surface area contributed by atoms with Gasteiger partial charge in [-0.3, -0.25) is 4.79 Å². The molecule has 144 valence electrons. The van der Waals surface area contributed by atoms with E-state index in [9.17, 15) is 9.18 Å². The maximum Gasteiger partial charge on any atom is 0.243 e. The molecule has 6 nitrogen and oxygen atoms in total. The third-order valence-corrected chi connectivity index (χ3v) is 4.30. The van der Waals surface area contributed by atoms with Crippen molar-refractivity contribution < 1.29 is 9.18 Å². The van der Waals surface area contributed by atoms with Gasteiger partial charge in [-0.05, 0) is 18.1 Å². The molecule has 1 aliphatic rings. The molecule has 1 fully saturated rings. The van der Waals surface area contributed by atoms with Crippen LogP contribution in [0.2, 0.25) is 0 Å². The lowest BCUT2D eigenvalue weighted by molar-refractivity contribution is -0.127. The summed E-state index contributed by atoms with van der Waals surface area (Å²) in [5, 5.41) is 3.36. The van der Waals surface area contributed by atoms with Crippen LogP contribution in [-0.2, 0) is 4.79 Å². The summed E-state index contributed by atoms with van der Waals surface area (Å²) >= 11 is 0. The number of anilines is 1. The molecule has 2 rings (SSSR count). The second-order valence-corrected chi connectivity index (χ2v) is 7.13. The highest BCUT2D eigenvalue weighted by Crippen LogP contribution is 2.20. The Morgan fingerprint density at radius 1 is 1.23 bits per heavy atom. The summed E-state index contributed by atoms with van der Waals surface area (Å²) < 4.78 is 14.0. The third kappa shape index (κ3) is 5.61. The number of para-hydroxylation sites is 1. The number of carbonyl (C=O) groups is 1. The number of hydrogen-bond acceptors (Lipinski definition) is 3. The molecule has 1 aromatic rings. The highest BCUT2D eigenvalue weighted by atomic mass is 19.1. The van der Waals surface area contributed by atoms with Gasteiger partial charge in [0.2, 0.25) is 5.91 Å². The van der Waals surface area contributed by atoms with E-state index in [0.717, 1.165) is 25.6 Å². The van der Waals surface area contributed by atoms with E-state index in [-0.39, 0.29) is 18.3 Å². The minimum absolute atomic E-state index is 0.0289. The first-order valence-electron chi connectivity index (χ1n) is 9.11. The van der Waals surface area contributed by atoms with E-state index in [1.165, 1.54) is 6.07 Å². The van der Waals surface area contributed by atoms with Crippen molar-refractivity contribution in [3.8, 4) is 0 Å². The smallest absolute Gasteiger partial charge is 0.243 e. The minimum Gasteiger partial charge on any atom is -0.366 e. The number of guanidine groups is 1. The number of amides is 1. The van der Waals surface area contributed by atoms with Gasteiger partial charge in [-0.25, -0.2) is 9.38 Å². The van der Waals surface area contributed by atoms with Crippen LogP contribution in [0.4, 0.5) is 10.1 Å². The summed E-state index contributed by atoms with van der Waals surface area (Å²) in [6.07, 6.45) is 0. The molecule has 1 aliphatic heterocycles. The molecular formula is C19H30FN5O. The van der Waals surface area contributed by atoms with Gasteiger partial charge >= 0.3 is 0 Å². The average Bonchev–Trinajstić information content (AvgIpc) is 2.62. The molecular weight excluding hydrogens is 333 g/mol. The fourth-order valence-corrected chi connectivity index (χ4v) is 2.71. The molecule has 1 aromatic carbocycles. The highest BCUT2D eigenvalue weighted by Gasteiger charge is 2.22. The number of rotatable bonds is 5. The highest BCUT2D eigenvalue weighted by molar-refractivity contribution is 5.85. The number of halogens is 1. The maximum absolute atomic E-state index is 14.0. The van der Waals surface area contributed by atoms with E-state index in [0.29, 0.717) is 24.7 Å². The summed E-state index contributed by atoms with van der Waals surface area (Å²) in [4.78, 5) is 22.1. The second kappa shape index (κ2) is 9.40. The van der Waals surface area contributed by atoms with Crippen LogP contribution in [0.1, 0.15) is 13.8 Å². The molecule has 0 atom stereocenters. The fourth-order valence-electron chi connectivity index (χ4n) is 2.71. The molecule has 0 aromatic heterocycles. The van der Waals surface area contributed by atoms with Crippen LogP contribution in [-0.4, -0.2) is 75.0 Å². The molecule has 0 saturated carbocycles. The van der Waals surface area contributed by atoms with Gasteiger partial charge in [0.1, 0.15) is 12.4 Å². The first-order valence-corrected chi connectivity index (χ1v) is 9.11. The van der Waals surface area contributed by atoms with E-state index in [2.05, 4.69) is 34.0 Å². The monoisotopic (exact) mass is 363 g/mol. The largest absolute Gasteiger partial charge is 0.366 e. The molecule has 0 spiro atoms. The van der Waals surface area contributed by atoms with Gasteiger partial charge in [-0.15, -0.1) is 0 Å². The molecule has 1 amide bonds. The molecule has 7 heteroatoms. The summed E-state index contributed by atoms with van der Waals surface area (Å²) in [6, 6.07) is 6.87. The lowest BCUT2D eigenvalue weighted by Gasteiger charge is -2.38. The Kier molecular flexibility index (Phi) is 7.24. The molecule has 26 heavy (non-hydrogen) atoms. The lowest BCUT2D eigenvalue weighted by Crippen LogP contribution is -2.53. The van der Waals surface area contributed by atoms with Gasteiger partial charge in [0.25, 0.3) is 0 Å². The first-order chi connectivity index (χ1) is 12.4. The fraction of sp³-hybridized carbons (Fsp3) is 0.579. The Bertz CT molecular complexity index is 624. The quantitative estimate of drug-likeness (QED) is 0.638. The Labute approximate surface area is 155 Å². The molecule has 0 radical (unpaired) electrons. The molecule has 0 unspecified atom stereocenters. The lowest BCUT2D eigenvalue weighted by atomic mass is 10.2. The number of nitrogens with one attached hydrogen (secondary N) is 1. The number of nitrogens with zero attached hydrogens (tertiary/aromatic N) is 4. The minimum atomic E-state index is -0.190. The zero-order valence-corrected chi connectivity index (χ0v) is 16.2. The number of likely N-dealkylation sites (N-methyl/N-ethyl adjacent to an activating group) is 1. The van der Waals surface area contributed by atoms with Crippen molar-refractivity contribution >= 4 is 17.6 Å². The Morgan fingerprint density at radius 2 is 1.88 bits per heavy atom. The van der Waals surface area contributed by atoms with E-state index in [1.54, 1.807) is 25.1 Å². The third-order valence-electron chi connectivity index (χ3n) is 4.30. The molecule has 0 bridgehead atoms. The van der Waals surface area contributed by atoms with E-state index < -0.39 is 0 Å². The van der Waals surface area contributed by atoms with Crippen LogP contribution in [0.3, 0.4) is 0 Å². The van der Waals surface area contributed by atoms with E-state index in [4.69, 9.17) is 0 Å². The summed E-state index contributed by atoms with van der Waals surface area (Å²) in [6.45, 7) is 8.07. The average molecular weight is 363 g/mol. The number of aliphatic imine (C=N–C) groups is 1. The Balaban J connectivity index is 2.01. The Hall–Kier alpha value is -2.31. The van der Waals surface area contributed by atoms with Crippen LogP contribution >= 0.6 is 0 Å². The zero-order valence-electron chi connectivity index (χ0n) is 16.2. The van der Waals surface area contributed by atoms with Crippen LogP contribution in [0.25, 0.3) is 0 Å². The van der Waals surface area contributed by atoms with Crippen molar-refractivity contribution in [2.75, 3.05) is 58.3 Å². The van der Waals surface area contributed by atoms with Gasteiger partial charge in [-0.2, -0.15) is 0 Å². The molecule has 1 heterocycles. The normalized spacial score (nSPS) is 15.4. The standard InChI is InChI=1S/C19H30FN5O/c1-15(2)13-21-19(22-14-18(26)23(3)4)25-11-9-24(10-12-25)17-8-6-5-7-16(17)20/h5-8,15H,9-14H2,1-4H3,(H,21,22). The van der Waals surface area contributed by atoms with Gasteiger partial charge in [0.05, 0.1) is 5.69 Å². The van der Waals surface area contributed by atoms with Crippen molar-refractivity contribution in [2.45, 2.75) is 13.8 Å². The van der Waals surface area contributed by atoms with Gasteiger partial charge in [-0.1, -0.05) is 26.0 Å². The van der Waals surface area contributed by atoms with Crippen molar-refractivity contribution in [1.29, 1.82) is 0 Å². The van der Waals surface area contributed by atoms with Crippen LogP contribution in [0.5, 0.6) is 0 Å². The predicted molar refractivity (Wildman–Crippen MR) is 104 cm³/mol. The molecule has 1 saturated heterocycles. The topological polar surface area (TPSA) is 51.2 Å². The van der Waals surface area contributed by atoms with Crippen LogP contribution < -0.4 is 10.2 Å². The number of carbonyl (C=O) groups excluding carboxylic acids is 1.